The molecular formula is C12H19N3O3S. The molecule has 0 spiro atoms. The summed E-state index contributed by atoms with van der Waals surface area (Å²) in [6.45, 7) is 1.74. The third kappa shape index (κ3) is 2.88. The van der Waals surface area contributed by atoms with Gasteiger partial charge in [-0.1, -0.05) is 0 Å². The Hall–Kier alpha value is -1.18. The summed E-state index contributed by atoms with van der Waals surface area (Å²) in [5, 5.41) is 0. The van der Waals surface area contributed by atoms with Gasteiger partial charge in [-0.25, -0.2) is 8.42 Å². The lowest BCUT2D eigenvalue weighted by molar-refractivity contribution is 0.197. The van der Waals surface area contributed by atoms with Crippen molar-refractivity contribution in [1.82, 2.24) is 14.2 Å². The smallest absolute Gasteiger partial charge is 0.248 e. The fourth-order valence-electron chi connectivity index (χ4n) is 2.31. The molecule has 1 aliphatic heterocycles. The summed E-state index contributed by atoms with van der Waals surface area (Å²) >= 11 is 0. The van der Waals surface area contributed by atoms with Gasteiger partial charge in [0.25, 0.3) is 0 Å². The number of nitrogens with zero attached hydrogens (tertiary/aromatic N) is 2. The molecule has 6 nitrogen and oxygen atoms in total. The molecule has 2 heterocycles. The second-order valence-corrected chi connectivity index (χ2v) is 6.89. The molecule has 1 fully saturated rings. The highest BCUT2D eigenvalue weighted by Gasteiger charge is 2.31. The average Bonchev–Trinajstić information content (AvgIpc) is 2.39. The zero-order valence-corrected chi connectivity index (χ0v) is 12.0. The molecular weight excluding hydrogens is 266 g/mol. The van der Waals surface area contributed by atoms with Crippen LogP contribution < -0.4 is 5.43 Å². The monoisotopic (exact) mass is 285 g/mol. The number of piperidine rings is 1. The van der Waals surface area contributed by atoms with E-state index in [1.54, 1.807) is 7.05 Å². The molecule has 0 radical (unpaired) electrons. The largest absolute Gasteiger partial charge is 0.366 e. The van der Waals surface area contributed by atoms with E-state index in [1.165, 1.54) is 22.8 Å². The Morgan fingerprint density at radius 2 is 2.00 bits per heavy atom. The van der Waals surface area contributed by atoms with E-state index in [2.05, 4.69) is 9.88 Å². The lowest BCUT2D eigenvalue weighted by atomic mass is 10.1. The van der Waals surface area contributed by atoms with Crippen LogP contribution in [0.4, 0.5) is 0 Å². The van der Waals surface area contributed by atoms with Crippen molar-refractivity contribution < 1.29 is 8.42 Å². The number of aromatic nitrogens is 1. The Labute approximate surface area is 113 Å². The Morgan fingerprint density at radius 1 is 1.37 bits per heavy atom. The van der Waals surface area contributed by atoms with Gasteiger partial charge in [-0.05, 0) is 33.0 Å². The molecule has 1 aliphatic rings. The van der Waals surface area contributed by atoms with E-state index >= 15 is 0 Å². The molecule has 1 aromatic heterocycles. The summed E-state index contributed by atoms with van der Waals surface area (Å²) in [5.74, 6) is 0. The number of nitrogens with one attached hydrogen (secondary N) is 1. The van der Waals surface area contributed by atoms with Crippen LogP contribution in [0.2, 0.25) is 0 Å². The number of pyridine rings is 1. The number of rotatable bonds is 3. The number of H-pyrrole nitrogens is 1. The minimum absolute atomic E-state index is 0.0409. The maximum absolute atomic E-state index is 12.4. The van der Waals surface area contributed by atoms with Gasteiger partial charge in [0.1, 0.15) is 4.90 Å². The van der Waals surface area contributed by atoms with Gasteiger partial charge in [0.05, 0.1) is 0 Å². The van der Waals surface area contributed by atoms with E-state index in [9.17, 15) is 13.2 Å². The molecule has 1 saturated heterocycles. The number of hydrogen-bond acceptors (Lipinski definition) is 4. The molecule has 0 saturated carbocycles. The van der Waals surface area contributed by atoms with E-state index in [1.807, 2.05) is 7.05 Å². The van der Waals surface area contributed by atoms with Crippen LogP contribution in [0.3, 0.4) is 0 Å². The van der Waals surface area contributed by atoms with Gasteiger partial charge < -0.3 is 9.88 Å². The highest BCUT2D eigenvalue weighted by Crippen LogP contribution is 2.20. The fourth-order valence-corrected chi connectivity index (χ4v) is 3.77. The summed E-state index contributed by atoms with van der Waals surface area (Å²) in [7, 11) is -0.142. The summed E-state index contributed by atoms with van der Waals surface area (Å²) in [6, 6.07) is 1.19. The first-order chi connectivity index (χ1) is 8.93. The minimum atomic E-state index is -3.72. The average molecular weight is 285 g/mol. The third-order valence-electron chi connectivity index (χ3n) is 3.65. The molecule has 0 aliphatic carbocycles. The van der Waals surface area contributed by atoms with E-state index in [0.717, 1.165) is 25.9 Å². The summed E-state index contributed by atoms with van der Waals surface area (Å²) in [4.78, 5) is 16.3. The molecule has 1 aromatic rings. The topological polar surface area (TPSA) is 73.5 Å². The Balaban J connectivity index is 2.25. The van der Waals surface area contributed by atoms with Crippen LogP contribution in [-0.2, 0) is 10.0 Å². The summed E-state index contributed by atoms with van der Waals surface area (Å²) in [6.07, 6.45) is 4.26. The molecule has 0 amide bonds. The van der Waals surface area contributed by atoms with E-state index in [4.69, 9.17) is 0 Å². The fraction of sp³-hybridized carbons (Fsp3) is 0.583. The molecule has 106 valence electrons. The Bertz CT molecular complexity index is 588. The molecule has 0 bridgehead atoms. The van der Waals surface area contributed by atoms with Gasteiger partial charge in [0.2, 0.25) is 15.5 Å². The Kier molecular flexibility index (Phi) is 4.07. The first kappa shape index (κ1) is 14.2. The molecule has 2 rings (SSSR count). The van der Waals surface area contributed by atoms with Gasteiger partial charge in [0.15, 0.2) is 0 Å². The molecule has 0 unspecified atom stereocenters. The van der Waals surface area contributed by atoms with Crippen LogP contribution >= 0.6 is 0 Å². The standard InChI is InChI=1S/C12H19N3O3S/c1-14-7-4-10(5-8-14)15(2)19(17,18)12-9-13-6-3-11(12)16/h3,6,9-10H,4-5,7-8H2,1-2H3,(H,13,16). The normalized spacial score (nSPS) is 18.9. The minimum Gasteiger partial charge on any atom is -0.366 e. The van der Waals surface area contributed by atoms with Crippen LogP contribution in [0, 0.1) is 0 Å². The molecule has 0 atom stereocenters. The van der Waals surface area contributed by atoms with E-state index < -0.39 is 15.5 Å². The third-order valence-corrected chi connectivity index (χ3v) is 5.58. The predicted molar refractivity (Wildman–Crippen MR) is 72.5 cm³/mol. The second-order valence-electron chi connectivity index (χ2n) is 4.93. The van der Waals surface area contributed by atoms with Gasteiger partial charge >= 0.3 is 0 Å². The number of aromatic amines is 1. The van der Waals surface area contributed by atoms with Crippen LogP contribution in [-0.4, -0.2) is 55.8 Å². The van der Waals surface area contributed by atoms with Gasteiger partial charge in [-0.15, -0.1) is 0 Å². The van der Waals surface area contributed by atoms with Crippen LogP contribution in [0.1, 0.15) is 12.8 Å². The number of hydrogen-bond donors (Lipinski definition) is 1. The zero-order valence-electron chi connectivity index (χ0n) is 11.2. The van der Waals surface area contributed by atoms with Crippen molar-refractivity contribution in [3.63, 3.8) is 0 Å². The Morgan fingerprint density at radius 3 is 2.58 bits per heavy atom. The second kappa shape index (κ2) is 5.44. The van der Waals surface area contributed by atoms with Gasteiger partial charge in [-0.2, -0.15) is 4.31 Å². The quantitative estimate of drug-likeness (QED) is 0.854. The van der Waals surface area contributed by atoms with Crippen molar-refractivity contribution in [3.05, 3.63) is 28.7 Å². The SMILES string of the molecule is CN1CCC(N(C)S(=O)(=O)c2c[nH]ccc2=O)CC1. The summed E-state index contributed by atoms with van der Waals surface area (Å²) < 4.78 is 26.2. The van der Waals surface area contributed by atoms with Crippen LogP contribution in [0.25, 0.3) is 0 Å². The van der Waals surface area contributed by atoms with Gasteiger partial charge in [-0.3, -0.25) is 4.79 Å². The van der Waals surface area contributed by atoms with Crippen LogP contribution in [0.15, 0.2) is 28.2 Å². The first-order valence-electron chi connectivity index (χ1n) is 6.26. The van der Waals surface area contributed by atoms with Crippen molar-refractivity contribution in [2.75, 3.05) is 27.2 Å². The molecule has 19 heavy (non-hydrogen) atoms. The molecule has 0 aromatic carbocycles. The van der Waals surface area contributed by atoms with E-state index in [0.29, 0.717) is 0 Å². The number of likely N-dealkylation sites (tertiary alicyclic amines) is 1. The molecule has 1 N–H and O–H groups in total. The molecule has 7 heteroatoms. The highest BCUT2D eigenvalue weighted by atomic mass is 32.2. The predicted octanol–water partition coefficient (Wildman–Crippen LogP) is 0.0896. The van der Waals surface area contributed by atoms with Crippen LogP contribution in [0.5, 0.6) is 0 Å². The van der Waals surface area contributed by atoms with Crippen molar-refractivity contribution in [2.45, 2.75) is 23.8 Å². The van der Waals surface area contributed by atoms with E-state index in [-0.39, 0.29) is 10.9 Å². The van der Waals surface area contributed by atoms with Crippen molar-refractivity contribution in [2.24, 2.45) is 0 Å². The zero-order chi connectivity index (χ0) is 14.0. The lowest BCUT2D eigenvalue weighted by Gasteiger charge is -2.34. The van der Waals surface area contributed by atoms with Crippen molar-refractivity contribution in [3.8, 4) is 0 Å². The maximum Gasteiger partial charge on any atom is 0.248 e. The lowest BCUT2D eigenvalue weighted by Crippen LogP contribution is -2.45. The van der Waals surface area contributed by atoms with Gasteiger partial charge in [0, 0.05) is 31.5 Å². The maximum atomic E-state index is 12.4. The summed E-state index contributed by atoms with van der Waals surface area (Å²) in [5.41, 5.74) is -0.474. The number of sulfonamides is 1. The first-order valence-corrected chi connectivity index (χ1v) is 7.70. The van der Waals surface area contributed by atoms with Crippen molar-refractivity contribution >= 4 is 10.0 Å². The highest BCUT2D eigenvalue weighted by molar-refractivity contribution is 7.89. The van der Waals surface area contributed by atoms with Crippen molar-refractivity contribution in [1.29, 1.82) is 0 Å².